The van der Waals surface area contributed by atoms with Crippen molar-refractivity contribution in [1.82, 2.24) is 9.62 Å². The molecule has 1 N–H and O–H groups in total. The Morgan fingerprint density at radius 2 is 1.87 bits per heavy atom. The third-order valence-corrected chi connectivity index (χ3v) is 10.3. The molecule has 2 atom stereocenters. The van der Waals surface area contributed by atoms with E-state index in [0.29, 0.717) is 31.7 Å². The Morgan fingerprint density at radius 1 is 1.20 bits per heavy atom. The zero-order valence-electron chi connectivity index (χ0n) is 17.9. The van der Waals surface area contributed by atoms with E-state index in [0.717, 1.165) is 43.4 Å². The van der Waals surface area contributed by atoms with Crippen LogP contribution >= 0.6 is 0 Å². The van der Waals surface area contributed by atoms with Crippen LogP contribution in [0.2, 0.25) is 0 Å². The number of nitrogens with one attached hydrogen (secondary N) is 1. The van der Waals surface area contributed by atoms with Gasteiger partial charge in [0.05, 0.1) is 12.4 Å². The van der Waals surface area contributed by atoms with Crippen LogP contribution in [-0.4, -0.2) is 49.6 Å². The molecule has 5 aliphatic carbocycles. The minimum Gasteiger partial charge on any atom is -0.497 e. The number of methoxy groups -OCH3 is 1. The van der Waals surface area contributed by atoms with E-state index in [2.05, 4.69) is 5.32 Å². The van der Waals surface area contributed by atoms with E-state index in [9.17, 15) is 13.2 Å². The lowest BCUT2D eigenvalue weighted by Gasteiger charge is -2.57. The van der Waals surface area contributed by atoms with Gasteiger partial charge in [-0.2, -0.15) is 0 Å². The standard InChI is InChI=1S/C23H34N2O4S/c1-29-20-2-4-21(5-3-20)30(27,28)25-7-6-16(15-25)11-22(26)24-23-12-17-8-18(13-23)10-19(9-17)14-23/h2-4,16-19,21H,5-15H2,1H3,(H,24,26). The second-order valence-corrected chi connectivity index (χ2v) is 12.6. The molecule has 0 aromatic carbocycles. The van der Waals surface area contributed by atoms with Gasteiger partial charge in [-0.15, -0.1) is 0 Å². The molecule has 0 radical (unpaired) electrons. The Bertz CT molecular complexity index is 827. The fourth-order valence-corrected chi connectivity index (χ4v) is 8.99. The Morgan fingerprint density at radius 3 is 2.43 bits per heavy atom. The van der Waals surface area contributed by atoms with E-state index in [4.69, 9.17) is 4.74 Å². The van der Waals surface area contributed by atoms with Gasteiger partial charge in [0.25, 0.3) is 0 Å². The molecule has 7 heteroatoms. The van der Waals surface area contributed by atoms with Gasteiger partial charge in [0.15, 0.2) is 0 Å². The number of hydrogen-bond donors (Lipinski definition) is 1. The summed E-state index contributed by atoms with van der Waals surface area (Å²) in [5, 5.41) is 2.91. The molecule has 6 aliphatic rings. The molecule has 166 valence electrons. The Kier molecular flexibility index (Phi) is 5.25. The van der Waals surface area contributed by atoms with Crippen molar-refractivity contribution in [2.24, 2.45) is 23.7 Å². The maximum Gasteiger partial charge on any atom is 0.220 e. The van der Waals surface area contributed by atoms with E-state index in [1.807, 2.05) is 6.08 Å². The molecule has 1 saturated heterocycles. The number of ether oxygens (including phenoxy) is 1. The maximum absolute atomic E-state index is 13.0. The van der Waals surface area contributed by atoms with Crippen LogP contribution in [0.25, 0.3) is 0 Å². The summed E-state index contributed by atoms with van der Waals surface area (Å²) in [6.07, 6.45) is 14.5. The molecule has 0 spiro atoms. The minimum atomic E-state index is -3.39. The summed E-state index contributed by atoms with van der Waals surface area (Å²) in [5.74, 6) is 3.37. The number of sulfonamides is 1. The molecule has 0 aromatic rings. The normalized spacial score (nSPS) is 40.4. The molecule has 4 bridgehead atoms. The number of carbonyl (C=O) groups excluding carboxylic acids is 1. The number of amides is 1. The molecule has 1 heterocycles. The van der Waals surface area contributed by atoms with Gasteiger partial charge in [-0.3, -0.25) is 4.79 Å². The lowest BCUT2D eigenvalue weighted by Crippen LogP contribution is -2.60. The first-order valence-electron chi connectivity index (χ1n) is 11.6. The predicted octanol–water partition coefficient (Wildman–Crippen LogP) is 2.97. The highest BCUT2D eigenvalue weighted by molar-refractivity contribution is 7.89. The first-order chi connectivity index (χ1) is 14.3. The van der Waals surface area contributed by atoms with Crippen molar-refractivity contribution >= 4 is 15.9 Å². The molecule has 4 saturated carbocycles. The first kappa shape index (κ1) is 20.6. The van der Waals surface area contributed by atoms with Gasteiger partial charge >= 0.3 is 0 Å². The molecule has 2 unspecified atom stereocenters. The number of allylic oxidation sites excluding steroid dienone is 2. The molecule has 1 amide bonds. The third-order valence-electron chi connectivity index (χ3n) is 8.17. The maximum atomic E-state index is 13.0. The number of nitrogens with zero attached hydrogens (tertiary/aromatic N) is 1. The molecular weight excluding hydrogens is 400 g/mol. The average Bonchev–Trinajstić information content (AvgIpc) is 3.15. The SMILES string of the molecule is COC1=CCC(S(=O)(=O)N2CCC(CC(=O)NC34CC5CC(CC(C5)C3)C4)C2)C=C1. The first-order valence-corrected chi connectivity index (χ1v) is 13.1. The summed E-state index contributed by atoms with van der Waals surface area (Å²) in [6.45, 7) is 0.977. The zero-order chi connectivity index (χ0) is 20.9. The van der Waals surface area contributed by atoms with Crippen molar-refractivity contribution in [1.29, 1.82) is 0 Å². The molecule has 6 nitrogen and oxygen atoms in total. The van der Waals surface area contributed by atoms with Crippen LogP contribution < -0.4 is 5.32 Å². The molecule has 1 aliphatic heterocycles. The summed E-state index contributed by atoms with van der Waals surface area (Å²) in [4.78, 5) is 12.9. The zero-order valence-corrected chi connectivity index (χ0v) is 18.7. The second-order valence-electron chi connectivity index (χ2n) is 10.5. The topological polar surface area (TPSA) is 75.7 Å². The van der Waals surface area contributed by atoms with Gasteiger partial charge < -0.3 is 10.1 Å². The molecule has 0 aromatic heterocycles. The summed E-state index contributed by atoms with van der Waals surface area (Å²) in [7, 11) is -1.80. The van der Waals surface area contributed by atoms with Crippen molar-refractivity contribution in [3.05, 3.63) is 24.0 Å². The Labute approximate surface area is 180 Å². The molecule has 5 fully saturated rings. The van der Waals surface area contributed by atoms with E-state index >= 15 is 0 Å². The highest BCUT2D eigenvalue weighted by Crippen LogP contribution is 2.55. The van der Waals surface area contributed by atoms with E-state index in [1.165, 1.54) is 19.3 Å². The molecule has 6 rings (SSSR count). The summed E-state index contributed by atoms with van der Waals surface area (Å²) >= 11 is 0. The van der Waals surface area contributed by atoms with Gasteiger partial charge in [-0.1, -0.05) is 6.08 Å². The third kappa shape index (κ3) is 3.83. The quantitative estimate of drug-likeness (QED) is 0.697. The minimum absolute atomic E-state index is 0.0362. The van der Waals surface area contributed by atoms with Crippen LogP contribution in [0.15, 0.2) is 24.0 Å². The fourth-order valence-electron chi connectivity index (χ4n) is 7.21. The van der Waals surface area contributed by atoms with Crippen LogP contribution in [0.3, 0.4) is 0 Å². The fraction of sp³-hybridized carbons (Fsp3) is 0.783. The number of rotatable bonds is 6. The van der Waals surface area contributed by atoms with E-state index in [1.54, 1.807) is 23.6 Å². The van der Waals surface area contributed by atoms with Crippen LogP contribution in [0, 0.1) is 23.7 Å². The number of hydrogen-bond acceptors (Lipinski definition) is 4. The molecular formula is C23H34N2O4S. The van der Waals surface area contributed by atoms with Crippen LogP contribution in [0.1, 0.15) is 57.8 Å². The van der Waals surface area contributed by atoms with Gasteiger partial charge in [0.2, 0.25) is 15.9 Å². The van der Waals surface area contributed by atoms with Gasteiger partial charge in [-0.05, 0) is 87.2 Å². The van der Waals surface area contributed by atoms with E-state index in [-0.39, 0.29) is 17.4 Å². The largest absolute Gasteiger partial charge is 0.497 e. The van der Waals surface area contributed by atoms with E-state index < -0.39 is 15.3 Å². The second kappa shape index (κ2) is 7.66. The van der Waals surface area contributed by atoms with Crippen LogP contribution in [0.5, 0.6) is 0 Å². The van der Waals surface area contributed by atoms with Crippen molar-refractivity contribution in [2.75, 3.05) is 20.2 Å². The van der Waals surface area contributed by atoms with Crippen molar-refractivity contribution in [3.8, 4) is 0 Å². The lowest BCUT2D eigenvalue weighted by molar-refractivity contribution is -0.127. The lowest BCUT2D eigenvalue weighted by atomic mass is 9.53. The average molecular weight is 435 g/mol. The molecule has 30 heavy (non-hydrogen) atoms. The summed E-state index contributed by atoms with van der Waals surface area (Å²) in [6, 6.07) is 0. The van der Waals surface area contributed by atoms with Crippen molar-refractivity contribution in [3.63, 3.8) is 0 Å². The highest BCUT2D eigenvalue weighted by atomic mass is 32.2. The van der Waals surface area contributed by atoms with Crippen LogP contribution in [0.4, 0.5) is 0 Å². The van der Waals surface area contributed by atoms with Gasteiger partial charge in [-0.25, -0.2) is 12.7 Å². The van der Waals surface area contributed by atoms with Crippen LogP contribution in [-0.2, 0) is 19.6 Å². The van der Waals surface area contributed by atoms with Gasteiger partial charge in [0, 0.05) is 25.0 Å². The Balaban J connectivity index is 1.16. The monoisotopic (exact) mass is 434 g/mol. The smallest absolute Gasteiger partial charge is 0.220 e. The van der Waals surface area contributed by atoms with Crippen molar-refractivity contribution in [2.45, 2.75) is 68.6 Å². The highest BCUT2D eigenvalue weighted by Gasteiger charge is 2.51. The number of carbonyl (C=O) groups is 1. The summed E-state index contributed by atoms with van der Waals surface area (Å²) < 4.78 is 32.8. The van der Waals surface area contributed by atoms with Crippen molar-refractivity contribution < 1.29 is 17.9 Å². The summed E-state index contributed by atoms with van der Waals surface area (Å²) in [5.41, 5.74) is 0.0362. The predicted molar refractivity (Wildman–Crippen MR) is 115 cm³/mol. The Hall–Kier alpha value is -1.34. The van der Waals surface area contributed by atoms with Gasteiger partial charge in [0.1, 0.15) is 5.76 Å².